The van der Waals surface area contributed by atoms with E-state index in [0.29, 0.717) is 18.8 Å². The summed E-state index contributed by atoms with van der Waals surface area (Å²) in [5, 5.41) is 8.57. The molecule has 1 fully saturated rings. The van der Waals surface area contributed by atoms with Crippen molar-refractivity contribution in [2.24, 2.45) is 5.92 Å². The highest BCUT2D eigenvalue weighted by atomic mass is 16.4. The van der Waals surface area contributed by atoms with Gasteiger partial charge < -0.3 is 14.4 Å². The van der Waals surface area contributed by atoms with E-state index < -0.39 is 5.97 Å². The van der Waals surface area contributed by atoms with Crippen molar-refractivity contribution in [2.45, 2.75) is 13.3 Å². The van der Waals surface area contributed by atoms with Gasteiger partial charge in [-0.25, -0.2) is 4.98 Å². The van der Waals surface area contributed by atoms with Gasteiger partial charge in [-0.3, -0.25) is 9.59 Å². The Morgan fingerprint density at radius 1 is 1.62 bits per heavy atom. The minimum absolute atomic E-state index is 0.0599. The maximum Gasteiger partial charge on any atom is 0.303 e. The number of carboxylic acid groups (broad SMARTS) is 1. The Morgan fingerprint density at radius 3 is 2.81 bits per heavy atom. The van der Waals surface area contributed by atoms with Crippen LogP contribution in [0.4, 0.5) is 0 Å². The summed E-state index contributed by atoms with van der Waals surface area (Å²) >= 11 is 0. The number of amides is 1. The average molecular weight is 224 g/mol. The zero-order valence-corrected chi connectivity index (χ0v) is 8.84. The van der Waals surface area contributed by atoms with Crippen LogP contribution in [0.25, 0.3) is 0 Å². The topological polar surface area (TPSA) is 83.6 Å². The van der Waals surface area contributed by atoms with Crippen molar-refractivity contribution in [3.05, 3.63) is 17.8 Å². The maximum atomic E-state index is 11.8. The number of carbonyl (C=O) groups is 2. The molecule has 2 heterocycles. The third-order valence-corrected chi connectivity index (χ3v) is 2.65. The van der Waals surface area contributed by atoms with Gasteiger partial charge in [0.25, 0.3) is 5.91 Å². The predicted molar refractivity (Wildman–Crippen MR) is 52.9 cm³/mol. The first-order valence-corrected chi connectivity index (χ1v) is 4.99. The van der Waals surface area contributed by atoms with Crippen LogP contribution in [0.15, 0.2) is 10.8 Å². The molecule has 0 unspecified atom stereocenters. The fourth-order valence-electron chi connectivity index (χ4n) is 1.76. The molecule has 86 valence electrons. The summed E-state index contributed by atoms with van der Waals surface area (Å²) in [4.78, 5) is 27.6. The zero-order valence-electron chi connectivity index (χ0n) is 8.84. The molecule has 1 aromatic heterocycles. The number of aryl methyl sites for hydroxylation is 1. The molecule has 0 aromatic carbocycles. The number of carbonyl (C=O) groups excluding carboxylic acids is 1. The molecule has 1 aliphatic rings. The Hall–Kier alpha value is -1.85. The van der Waals surface area contributed by atoms with Crippen molar-refractivity contribution in [3.8, 4) is 0 Å². The summed E-state index contributed by atoms with van der Waals surface area (Å²) in [6, 6.07) is 0. The summed E-state index contributed by atoms with van der Waals surface area (Å²) in [6.07, 6.45) is 1.34. The van der Waals surface area contributed by atoms with Crippen LogP contribution in [-0.4, -0.2) is 40.0 Å². The highest BCUT2D eigenvalue weighted by Crippen LogP contribution is 2.22. The summed E-state index contributed by atoms with van der Waals surface area (Å²) in [5.41, 5.74) is 0.562. The lowest BCUT2D eigenvalue weighted by Crippen LogP contribution is -2.50. The number of carboxylic acids is 1. The summed E-state index contributed by atoms with van der Waals surface area (Å²) < 4.78 is 4.98. The first kappa shape index (κ1) is 10.7. The number of nitrogens with zero attached hydrogens (tertiary/aromatic N) is 2. The van der Waals surface area contributed by atoms with Crippen molar-refractivity contribution >= 4 is 11.9 Å². The van der Waals surface area contributed by atoms with Crippen molar-refractivity contribution in [1.82, 2.24) is 9.88 Å². The smallest absolute Gasteiger partial charge is 0.303 e. The molecule has 0 atom stereocenters. The number of oxazole rings is 1. The molecule has 0 saturated carbocycles. The third kappa shape index (κ3) is 1.91. The fourth-order valence-corrected chi connectivity index (χ4v) is 1.76. The van der Waals surface area contributed by atoms with Crippen LogP contribution >= 0.6 is 0 Å². The number of hydrogen-bond donors (Lipinski definition) is 1. The quantitative estimate of drug-likeness (QED) is 0.809. The van der Waals surface area contributed by atoms with Crippen LogP contribution in [0.5, 0.6) is 0 Å². The maximum absolute atomic E-state index is 11.8. The molecule has 0 bridgehead atoms. The highest BCUT2D eigenvalue weighted by molar-refractivity contribution is 5.93. The lowest BCUT2D eigenvalue weighted by atomic mass is 9.96. The molecule has 1 saturated heterocycles. The average Bonchev–Trinajstić information content (AvgIpc) is 2.56. The van der Waals surface area contributed by atoms with Gasteiger partial charge in [0.05, 0.1) is 12.1 Å². The predicted octanol–water partition coefficient (Wildman–Crippen LogP) is 0.530. The summed E-state index contributed by atoms with van der Waals surface area (Å²) in [6.45, 7) is 2.65. The molecule has 6 heteroatoms. The molecular formula is C10H12N2O4. The lowest BCUT2D eigenvalue weighted by molar-refractivity contribution is -0.139. The number of aromatic nitrogens is 1. The second-order valence-corrected chi connectivity index (χ2v) is 3.94. The minimum Gasteiger partial charge on any atom is -0.481 e. The van der Waals surface area contributed by atoms with E-state index in [0.717, 1.165) is 0 Å². The molecule has 16 heavy (non-hydrogen) atoms. The molecule has 1 aromatic rings. The monoisotopic (exact) mass is 224 g/mol. The number of rotatable bonds is 3. The standard InChI is InChI=1S/C10H12N2O4/c1-6-9(16-5-11-6)10(15)12-3-7(4-12)2-8(13)14/h5,7H,2-4H2,1H3,(H,13,14). The summed E-state index contributed by atoms with van der Waals surface area (Å²) in [5.74, 6) is -0.733. The Labute approximate surface area is 91.9 Å². The van der Waals surface area contributed by atoms with E-state index in [9.17, 15) is 9.59 Å². The Balaban J connectivity index is 1.91. The van der Waals surface area contributed by atoms with E-state index >= 15 is 0 Å². The van der Waals surface area contributed by atoms with Crippen LogP contribution in [-0.2, 0) is 4.79 Å². The largest absolute Gasteiger partial charge is 0.481 e. The van der Waals surface area contributed by atoms with Gasteiger partial charge in [-0.1, -0.05) is 0 Å². The van der Waals surface area contributed by atoms with Gasteiger partial charge in [0.2, 0.25) is 5.76 Å². The molecule has 0 radical (unpaired) electrons. The van der Waals surface area contributed by atoms with E-state index in [2.05, 4.69) is 4.98 Å². The van der Waals surface area contributed by atoms with Gasteiger partial charge >= 0.3 is 5.97 Å². The Bertz CT molecular complexity index is 420. The molecule has 2 rings (SSSR count). The number of aliphatic carboxylic acids is 1. The van der Waals surface area contributed by atoms with E-state index in [1.807, 2.05) is 0 Å². The van der Waals surface area contributed by atoms with E-state index in [-0.39, 0.29) is 24.0 Å². The third-order valence-electron chi connectivity index (χ3n) is 2.65. The van der Waals surface area contributed by atoms with Gasteiger partial charge in [-0.15, -0.1) is 0 Å². The normalized spacial score (nSPS) is 15.9. The Kier molecular flexibility index (Phi) is 2.64. The van der Waals surface area contributed by atoms with Crippen LogP contribution in [0.1, 0.15) is 22.7 Å². The molecule has 0 aliphatic carbocycles. The highest BCUT2D eigenvalue weighted by Gasteiger charge is 2.34. The second kappa shape index (κ2) is 3.96. The number of likely N-dealkylation sites (tertiary alicyclic amines) is 1. The first-order valence-electron chi connectivity index (χ1n) is 4.99. The van der Waals surface area contributed by atoms with E-state index in [1.54, 1.807) is 11.8 Å². The van der Waals surface area contributed by atoms with Gasteiger partial charge in [-0.05, 0) is 6.92 Å². The molecular weight excluding hydrogens is 212 g/mol. The van der Waals surface area contributed by atoms with Gasteiger partial charge in [-0.2, -0.15) is 0 Å². The van der Waals surface area contributed by atoms with Gasteiger partial charge in [0.1, 0.15) is 0 Å². The van der Waals surface area contributed by atoms with Crippen molar-refractivity contribution in [3.63, 3.8) is 0 Å². The molecule has 1 aliphatic heterocycles. The van der Waals surface area contributed by atoms with Crippen molar-refractivity contribution in [2.75, 3.05) is 13.1 Å². The number of hydrogen-bond acceptors (Lipinski definition) is 4. The second-order valence-electron chi connectivity index (χ2n) is 3.94. The van der Waals surface area contributed by atoms with Crippen LogP contribution in [0.2, 0.25) is 0 Å². The van der Waals surface area contributed by atoms with Gasteiger partial charge in [0, 0.05) is 19.0 Å². The first-order chi connectivity index (χ1) is 7.58. The van der Waals surface area contributed by atoms with Crippen LogP contribution in [0, 0.1) is 12.8 Å². The fraction of sp³-hybridized carbons (Fsp3) is 0.500. The Morgan fingerprint density at radius 2 is 2.31 bits per heavy atom. The molecule has 6 nitrogen and oxygen atoms in total. The molecule has 0 spiro atoms. The van der Waals surface area contributed by atoms with Crippen molar-refractivity contribution < 1.29 is 19.1 Å². The minimum atomic E-state index is -0.826. The van der Waals surface area contributed by atoms with Crippen LogP contribution < -0.4 is 0 Å². The van der Waals surface area contributed by atoms with Gasteiger partial charge in [0.15, 0.2) is 6.39 Å². The van der Waals surface area contributed by atoms with E-state index in [1.165, 1.54) is 6.39 Å². The van der Waals surface area contributed by atoms with E-state index in [4.69, 9.17) is 9.52 Å². The SMILES string of the molecule is Cc1ncoc1C(=O)N1CC(CC(=O)O)C1. The summed E-state index contributed by atoms with van der Waals surface area (Å²) in [7, 11) is 0. The molecule has 1 N–H and O–H groups in total. The van der Waals surface area contributed by atoms with Crippen LogP contribution in [0.3, 0.4) is 0 Å². The zero-order chi connectivity index (χ0) is 11.7. The van der Waals surface area contributed by atoms with Crippen molar-refractivity contribution in [1.29, 1.82) is 0 Å². The lowest BCUT2D eigenvalue weighted by Gasteiger charge is -2.37. The molecule has 1 amide bonds.